The van der Waals surface area contributed by atoms with Gasteiger partial charge in [-0.05, 0) is 23.8 Å². The molecule has 18 heavy (non-hydrogen) atoms. The van der Waals surface area contributed by atoms with Gasteiger partial charge in [0.15, 0.2) is 0 Å². The van der Waals surface area contributed by atoms with Crippen molar-refractivity contribution in [1.29, 1.82) is 0 Å². The van der Waals surface area contributed by atoms with Crippen LogP contribution in [0.4, 0.5) is 11.4 Å². The summed E-state index contributed by atoms with van der Waals surface area (Å²) in [6.45, 7) is 5.64. The molecule has 0 fully saturated rings. The number of aliphatic hydroxyl groups excluding tert-OH is 2. The Morgan fingerprint density at radius 1 is 1.44 bits per heavy atom. The lowest BCUT2D eigenvalue weighted by Gasteiger charge is -2.19. The highest BCUT2D eigenvalue weighted by molar-refractivity contribution is 5.67. The second-order valence-corrected chi connectivity index (χ2v) is 5.69. The molecule has 100 valence electrons. The van der Waals surface area contributed by atoms with Crippen molar-refractivity contribution in [3.05, 3.63) is 23.8 Å². The minimum absolute atomic E-state index is 0.150. The van der Waals surface area contributed by atoms with E-state index in [2.05, 4.69) is 43.2 Å². The third-order valence-corrected chi connectivity index (χ3v) is 3.52. The summed E-state index contributed by atoms with van der Waals surface area (Å²) in [5.41, 5.74) is 3.74. The maximum Gasteiger partial charge on any atom is 0.0942 e. The Hall–Kier alpha value is -1.26. The predicted octanol–water partition coefficient (Wildman–Crippen LogP) is 1.18. The van der Waals surface area contributed by atoms with E-state index in [-0.39, 0.29) is 12.0 Å². The molecule has 1 unspecified atom stereocenters. The minimum Gasteiger partial charge on any atom is -0.394 e. The topological polar surface area (TPSA) is 55.7 Å². The van der Waals surface area contributed by atoms with Crippen molar-refractivity contribution in [3.63, 3.8) is 0 Å². The number of anilines is 2. The van der Waals surface area contributed by atoms with Gasteiger partial charge in [-0.25, -0.2) is 0 Å². The van der Waals surface area contributed by atoms with E-state index >= 15 is 0 Å². The Morgan fingerprint density at radius 2 is 2.17 bits per heavy atom. The molecule has 1 aliphatic rings. The summed E-state index contributed by atoms with van der Waals surface area (Å²) in [7, 11) is 2.11. The molecule has 1 aliphatic heterocycles. The van der Waals surface area contributed by atoms with E-state index in [1.165, 1.54) is 11.3 Å². The molecule has 0 spiro atoms. The van der Waals surface area contributed by atoms with Gasteiger partial charge in [0, 0.05) is 36.9 Å². The van der Waals surface area contributed by atoms with Crippen LogP contribution in [-0.4, -0.2) is 43.1 Å². The van der Waals surface area contributed by atoms with E-state index in [1.807, 2.05) is 6.07 Å². The highest BCUT2D eigenvalue weighted by Gasteiger charge is 2.33. The van der Waals surface area contributed by atoms with Gasteiger partial charge in [-0.3, -0.25) is 0 Å². The van der Waals surface area contributed by atoms with Crippen molar-refractivity contribution in [2.24, 2.45) is 0 Å². The van der Waals surface area contributed by atoms with E-state index in [9.17, 15) is 5.11 Å². The normalized spacial score (nSPS) is 18.6. The summed E-state index contributed by atoms with van der Waals surface area (Å²) in [6.07, 6.45) is -0.714. The van der Waals surface area contributed by atoms with E-state index < -0.39 is 6.10 Å². The number of nitrogens with one attached hydrogen (secondary N) is 1. The molecule has 4 heteroatoms. The summed E-state index contributed by atoms with van der Waals surface area (Å²) in [6, 6.07) is 6.27. The van der Waals surface area contributed by atoms with E-state index in [4.69, 9.17) is 5.11 Å². The van der Waals surface area contributed by atoms with E-state index in [0.29, 0.717) is 6.54 Å². The molecule has 4 nitrogen and oxygen atoms in total. The zero-order valence-corrected chi connectivity index (χ0v) is 11.3. The molecule has 0 bridgehead atoms. The fourth-order valence-corrected chi connectivity index (χ4v) is 2.58. The summed E-state index contributed by atoms with van der Waals surface area (Å²) in [4.78, 5) is 2.27. The third-order valence-electron chi connectivity index (χ3n) is 3.52. The number of hydrogen-bond acceptors (Lipinski definition) is 4. The van der Waals surface area contributed by atoms with Gasteiger partial charge in [-0.2, -0.15) is 0 Å². The SMILES string of the molecule is CN1CC(C)(C)c2cc(NCC(O)CO)ccc21. The van der Waals surface area contributed by atoms with Crippen molar-refractivity contribution in [3.8, 4) is 0 Å². The van der Waals surface area contributed by atoms with Gasteiger partial charge in [0.25, 0.3) is 0 Å². The minimum atomic E-state index is -0.714. The van der Waals surface area contributed by atoms with Gasteiger partial charge in [0.1, 0.15) is 0 Å². The van der Waals surface area contributed by atoms with Gasteiger partial charge in [0.05, 0.1) is 12.7 Å². The van der Waals surface area contributed by atoms with Gasteiger partial charge >= 0.3 is 0 Å². The highest BCUT2D eigenvalue weighted by Crippen LogP contribution is 2.40. The monoisotopic (exact) mass is 250 g/mol. The standard InChI is InChI=1S/C14H22N2O2/c1-14(2)9-16(3)13-5-4-10(6-12(13)14)15-7-11(18)8-17/h4-6,11,15,17-18H,7-9H2,1-3H3. The van der Waals surface area contributed by atoms with Crippen LogP contribution in [0, 0.1) is 0 Å². The molecule has 1 aromatic rings. The van der Waals surface area contributed by atoms with Crippen LogP contribution in [0.25, 0.3) is 0 Å². The van der Waals surface area contributed by atoms with Crippen LogP contribution in [0.5, 0.6) is 0 Å². The zero-order chi connectivity index (χ0) is 13.3. The molecule has 0 saturated heterocycles. The first kappa shape index (κ1) is 13.2. The van der Waals surface area contributed by atoms with Gasteiger partial charge < -0.3 is 20.4 Å². The fraction of sp³-hybridized carbons (Fsp3) is 0.571. The number of fused-ring (bicyclic) bond motifs is 1. The van der Waals surface area contributed by atoms with Gasteiger partial charge in [-0.1, -0.05) is 13.8 Å². The van der Waals surface area contributed by atoms with Gasteiger partial charge in [0.2, 0.25) is 0 Å². The average Bonchev–Trinajstić information content (AvgIpc) is 2.56. The van der Waals surface area contributed by atoms with Crippen LogP contribution in [0.2, 0.25) is 0 Å². The second-order valence-electron chi connectivity index (χ2n) is 5.69. The maximum absolute atomic E-state index is 9.34. The molecule has 1 heterocycles. The molecule has 0 saturated carbocycles. The average molecular weight is 250 g/mol. The predicted molar refractivity (Wildman–Crippen MR) is 74.3 cm³/mol. The maximum atomic E-state index is 9.34. The molecule has 0 radical (unpaired) electrons. The van der Waals surface area contributed by atoms with Crippen LogP contribution in [0.15, 0.2) is 18.2 Å². The molecular formula is C14H22N2O2. The number of aliphatic hydroxyl groups is 2. The first-order chi connectivity index (χ1) is 8.44. The molecule has 0 aliphatic carbocycles. The molecule has 1 aromatic carbocycles. The van der Waals surface area contributed by atoms with Crippen molar-refractivity contribution in [1.82, 2.24) is 0 Å². The van der Waals surface area contributed by atoms with Crippen LogP contribution >= 0.6 is 0 Å². The molecule has 1 atom stereocenters. The highest BCUT2D eigenvalue weighted by atomic mass is 16.3. The first-order valence-electron chi connectivity index (χ1n) is 6.32. The largest absolute Gasteiger partial charge is 0.394 e. The summed E-state index contributed by atoms with van der Waals surface area (Å²) in [5.74, 6) is 0. The first-order valence-corrected chi connectivity index (χ1v) is 6.32. The Kier molecular flexibility index (Phi) is 3.50. The lowest BCUT2D eigenvalue weighted by Crippen LogP contribution is -2.25. The lowest BCUT2D eigenvalue weighted by molar-refractivity contribution is 0.105. The third kappa shape index (κ3) is 2.44. The number of hydrogen-bond donors (Lipinski definition) is 3. The smallest absolute Gasteiger partial charge is 0.0942 e. The Balaban J connectivity index is 2.17. The molecule has 3 N–H and O–H groups in total. The number of benzene rings is 1. The number of nitrogens with zero attached hydrogens (tertiary/aromatic N) is 1. The van der Waals surface area contributed by atoms with E-state index in [1.54, 1.807) is 0 Å². The zero-order valence-electron chi connectivity index (χ0n) is 11.3. The van der Waals surface area contributed by atoms with Crippen LogP contribution in [0.3, 0.4) is 0 Å². The van der Waals surface area contributed by atoms with Crippen molar-refractivity contribution < 1.29 is 10.2 Å². The number of likely N-dealkylation sites (N-methyl/N-ethyl adjacent to an activating group) is 1. The van der Waals surface area contributed by atoms with Crippen molar-refractivity contribution >= 4 is 11.4 Å². The van der Waals surface area contributed by atoms with Crippen molar-refractivity contribution in [2.75, 3.05) is 37.0 Å². The van der Waals surface area contributed by atoms with Crippen molar-refractivity contribution in [2.45, 2.75) is 25.4 Å². The molecular weight excluding hydrogens is 228 g/mol. The summed E-state index contributed by atoms with van der Waals surface area (Å²) in [5, 5.41) is 21.3. The molecule has 0 aromatic heterocycles. The van der Waals surface area contributed by atoms with E-state index in [0.717, 1.165) is 12.2 Å². The number of rotatable bonds is 4. The Morgan fingerprint density at radius 3 is 2.83 bits per heavy atom. The van der Waals surface area contributed by atoms with Crippen LogP contribution < -0.4 is 10.2 Å². The molecule has 0 amide bonds. The summed E-state index contributed by atoms with van der Waals surface area (Å²) < 4.78 is 0. The Bertz CT molecular complexity index is 432. The second kappa shape index (κ2) is 4.78. The van der Waals surface area contributed by atoms with Crippen LogP contribution in [0.1, 0.15) is 19.4 Å². The fourth-order valence-electron chi connectivity index (χ4n) is 2.58. The lowest BCUT2D eigenvalue weighted by atomic mass is 9.87. The summed E-state index contributed by atoms with van der Waals surface area (Å²) >= 11 is 0. The van der Waals surface area contributed by atoms with Gasteiger partial charge in [-0.15, -0.1) is 0 Å². The Labute approximate surface area is 108 Å². The molecule has 2 rings (SSSR count). The quantitative estimate of drug-likeness (QED) is 0.751. The van der Waals surface area contributed by atoms with Crippen LogP contribution in [-0.2, 0) is 5.41 Å².